The molecule has 30 heavy (non-hydrogen) atoms. The first-order valence-electron chi connectivity index (χ1n) is 11.1. The molecule has 0 unspecified atom stereocenters. The molecule has 0 saturated heterocycles. The number of aromatic nitrogens is 3. The molecule has 2 aromatic heterocycles. The van der Waals surface area contributed by atoms with E-state index in [0.29, 0.717) is 24.6 Å². The molecule has 0 aromatic carbocycles. The van der Waals surface area contributed by atoms with Gasteiger partial charge in [0.25, 0.3) is 0 Å². The van der Waals surface area contributed by atoms with Crippen LogP contribution in [0.4, 0.5) is 0 Å². The molecule has 0 aliphatic heterocycles. The van der Waals surface area contributed by atoms with E-state index in [2.05, 4.69) is 44.6 Å². The summed E-state index contributed by atoms with van der Waals surface area (Å²) in [7, 11) is 3.50. The van der Waals surface area contributed by atoms with Gasteiger partial charge >= 0.3 is 0 Å². The summed E-state index contributed by atoms with van der Waals surface area (Å²) in [6, 6.07) is 0. The Morgan fingerprint density at radius 2 is 1.83 bits per heavy atom. The van der Waals surface area contributed by atoms with Gasteiger partial charge in [0.15, 0.2) is 5.65 Å². The Morgan fingerprint density at radius 3 is 2.40 bits per heavy atom. The average molecular weight is 418 g/mol. The molecule has 0 fully saturated rings. The summed E-state index contributed by atoms with van der Waals surface area (Å²) >= 11 is 0. The third-order valence-corrected chi connectivity index (χ3v) is 5.82. The van der Waals surface area contributed by atoms with E-state index in [4.69, 9.17) is 9.72 Å². The predicted molar refractivity (Wildman–Crippen MR) is 122 cm³/mol. The molecule has 7 heteroatoms. The van der Waals surface area contributed by atoms with Gasteiger partial charge in [0.05, 0.1) is 12.5 Å². The standard InChI is InChI=1S/C23H39N5O2/c1-9-27(10-2)13-14-28(15-16(3)4)20(29)12-11-19-17(5)21-22(24-18(19)6)26(7)25-23(21)30-8/h16H,9-15H2,1-8H3. The predicted octanol–water partition coefficient (Wildman–Crippen LogP) is 3.35. The molecular weight excluding hydrogens is 378 g/mol. The van der Waals surface area contributed by atoms with Crippen LogP contribution < -0.4 is 4.74 Å². The number of carbonyl (C=O) groups is 1. The number of hydrogen-bond acceptors (Lipinski definition) is 5. The molecule has 1 amide bonds. The highest BCUT2D eigenvalue weighted by Gasteiger charge is 2.20. The molecule has 0 atom stereocenters. The Bertz CT molecular complexity index is 855. The summed E-state index contributed by atoms with van der Waals surface area (Å²) in [6.45, 7) is 17.3. The lowest BCUT2D eigenvalue weighted by Crippen LogP contribution is -2.40. The summed E-state index contributed by atoms with van der Waals surface area (Å²) in [6.07, 6.45) is 1.17. The average Bonchev–Trinajstić information content (AvgIpc) is 3.02. The van der Waals surface area contributed by atoms with E-state index < -0.39 is 0 Å². The Kier molecular flexibility index (Phi) is 8.65. The van der Waals surface area contributed by atoms with E-state index in [1.807, 2.05) is 18.9 Å². The molecule has 2 aromatic rings. The van der Waals surface area contributed by atoms with Crippen molar-refractivity contribution in [2.45, 2.75) is 54.4 Å². The van der Waals surface area contributed by atoms with E-state index in [1.165, 1.54) is 0 Å². The number of fused-ring (bicyclic) bond motifs is 1. The second-order valence-corrected chi connectivity index (χ2v) is 8.39. The van der Waals surface area contributed by atoms with Gasteiger partial charge in [0, 0.05) is 38.8 Å². The molecule has 0 N–H and O–H groups in total. The SMILES string of the molecule is CCN(CC)CCN(CC(C)C)C(=O)CCc1c(C)nc2c(c(OC)nn2C)c1C. The normalized spacial score (nSPS) is 11.7. The van der Waals surface area contributed by atoms with Gasteiger partial charge in [0.1, 0.15) is 0 Å². The first kappa shape index (κ1) is 24.1. The van der Waals surface area contributed by atoms with Crippen molar-refractivity contribution < 1.29 is 9.53 Å². The summed E-state index contributed by atoms with van der Waals surface area (Å²) in [5.41, 5.74) is 4.00. The smallest absolute Gasteiger partial charge is 0.242 e. The first-order valence-corrected chi connectivity index (χ1v) is 11.1. The maximum absolute atomic E-state index is 13.1. The van der Waals surface area contributed by atoms with Crippen molar-refractivity contribution in [3.63, 3.8) is 0 Å². The number of hydrogen-bond donors (Lipinski definition) is 0. The maximum atomic E-state index is 13.1. The summed E-state index contributed by atoms with van der Waals surface area (Å²) in [4.78, 5) is 22.2. The van der Waals surface area contributed by atoms with Crippen molar-refractivity contribution >= 4 is 16.9 Å². The Hall–Kier alpha value is -2.15. The topological polar surface area (TPSA) is 63.5 Å². The van der Waals surface area contributed by atoms with Crippen molar-refractivity contribution in [3.8, 4) is 5.88 Å². The number of likely N-dealkylation sites (N-methyl/N-ethyl adjacent to an activating group) is 1. The monoisotopic (exact) mass is 417 g/mol. The Labute approximate surface area is 181 Å². The van der Waals surface area contributed by atoms with Gasteiger partial charge in [-0.05, 0) is 50.4 Å². The fourth-order valence-electron chi connectivity index (χ4n) is 4.06. The lowest BCUT2D eigenvalue weighted by Gasteiger charge is -2.28. The highest BCUT2D eigenvalue weighted by molar-refractivity contribution is 5.86. The van der Waals surface area contributed by atoms with Crippen molar-refractivity contribution in [1.29, 1.82) is 0 Å². The van der Waals surface area contributed by atoms with Crippen molar-refractivity contribution in [1.82, 2.24) is 24.6 Å². The maximum Gasteiger partial charge on any atom is 0.242 e. The molecule has 0 aliphatic rings. The molecule has 2 heterocycles. The van der Waals surface area contributed by atoms with Gasteiger partial charge in [-0.1, -0.05) is 27.7 Å². The Morgan fingerprint density at radius 1 is 1.17 bits per heavy atom. The zero-order valence-electron chi connectivity index (χ0n) is 20.1. The van der Waals surface area contributed by atoms with Crippen LogP contribution in [0, 0.1) is 19.8 Å². The molecule has 7 nitrogen and oxygen atoms in total. The lowest BCUT2D eigenvalue weighted by atomic mass is 9.99. The van der Waals surface area contributed by atoms with Gasteiger partial charge in [-0.3, -0.25) is 4.79 Å². The summed E-state index contributed by atoms with van der Waals surface area (Å²) in [5.74, 6) is 1.26. The summed E-state index contributed by atoms with van der Waals surface area (Å²) < 4.78 is 7.21. The number of pyridine rings is 1. The van der Waals surface area contributed by atoms with E-state index in [9.17, 15) is 4.79 Å². The van der Waals surface area contributed by atoms with Crippen molar-refractivity contribution in [2.24, 2.45) is 13.0 Å². The van der Waals surface area contributed by atoms with Crippen LogP contribution in [-0.4, -0.2) is 70.3 Å². The number of aryl methyl sites for hydroxylation is 3. The lowest BCUT2D eigenvalue weighted by molar-refractivity contribution is -0.131. The van der Waals surface area contributed by atoms with Gasteiger partial charge in [-0.25, -0.2) is 9.67 Å². The largest absolute Gasteiger partial charge is 0.479 e. The third-order valence-electron chi connectivity index (χ3n) is 5.82. The van der Waals surface area contributed by atoms with Crippen molar-refractivity contribution in [2.75, 3.05) is 39.8 Å². The minimum absolute atomic E-state index is 0.216. The third kappa shape index (κ3) is 5.50. The second kappa shape index (κ2) is 10.8. The van der Waals surface area contributed by atoms with Crippen LogP contribution in [0.1, 0.15) is 50.9 Å². The summed E-state index contributed by atoms with van der Waals surface area (Å²) in [5, 5.41) is 5.36. The molecule has 168 valence electrons. The van der Waals surface area contributed by atoms with E-state index in [0.717, 1.165) is 60.6 Å². The van der Waals surface area contributed by atoms with Crippen LogP contribution in [0.15, 0.2) is 0 Å². The fraction of sp³-hybridized carbons (Fsp3) is 0.696. The molecule has 0 spiro atoms. The van der Waals surface area contributed by atoms with Crippen LogP contribution in [0.25, 0.3) is 11.0 Å². The zero-order chi connectivity index (χ0) is 22.4. The van der Waals surface area contributed by atoms with Crippen molar-refractivity contribution in [3.05, 3.63) is 16.8 Å². The first-order chi connectivity index (χ1) is 14.2. The highest BCUT2D eigenvalue weighted by Crippen LogP contribution is 2.30. The molecule has 0 radical (unpaired) electrons. The minimum atomic E-state index is 0.216. The highest BCUT2D eigenvalue weighted by atomic mass is 16.5. The van der Waals surface area contributed by atoms with Gasteiger partial charge < -0.3 is 14.5 Å². The quantitative estimate of drug-likeness (QED) is 0.561. The molecule has 0 saturated carbocycles. The van der Waals surface area contributed by atoms with Crippen LogP contribution in [-0.2, 0) is 18.3 Å². The number of methoxy groups -OCH3 is 1. The number of carbonyl (C=O) groups excluding carboxylic acids is 1. The molecule has 2 rings (SSSR count). The number of rotatable bonds is 11. The van der Waals surface area contributed by atoms with Crippen LogP contribution in [0.2, 0.25) is 0 Å². The van der Waals surface area contributed by atoms with Crippen LogP contribution >= 0.6 is 0 Å². The van der Waals surface area contributed by atoms with Gasteiger partial charge in [0.2, 0.25) is 11.8 Å². The number of amides is 1. The minimum Gasteiger partial charge on any atom is -0.479 e. The van der Waals surface area contributed by atoms with Crippen LogP contribution in [0.5, 0.6) is 5.88 Å². The Balaban J connectivity index is 2.18. The zero-order valence-corrected chi connectivity index (χ0v) is 20.1. The van der Waals surface area contributed by atoms with E-state index >= 15 is 0 Å². The van der Waals surface area contributed by atoms with Gasteiger partial charge in [-0.2, -0.15) is 0 Å². The van der Waals surface area contributed by atoms with E-state index in [1.54, 1.807) is 11.8 Å². The number of ether oxygens (including phenoxy) is 1. The molecular formula is C23H39N5O2. The molecule has 0 bridgehead atoms. The fourth-order valence-corrected chi connectivity index (χ4v) is 4.06. The van der Waals surface area contributed by atoms with Crippen LogP contribution in [0.3, 0.4) is 0 Å². The van der Waals surface area contributed by atoms with Gasteiger partial charge in [-0.15, -0.1) is 5.10 Å². The van der Waals surface area contributed by atoms with E-state index in [-0.39, 0.29) is 5.91 Å². The number of nitrogens with zero attached hydrogens (tertiary/aromatic N) is 5. The molecule has 0 aliphatic carbocycles. The second-order valence-electron chi connectivity index (χ2n) is 8.39.